The molecular formula is C25H27N3O2. The van der Waals surface area contributed by atoms with Crippen molar-refractivity contribution in [2.24, 2.45) is 0 Å². The van der Waals surface area contributed by atoms with Gasteiger partial charge in [-0.15, -0.1) is 0 Å². The van der Waals surface area contributed by atoms with Crippen molar-refractivity contribution in [1.82, 2.24) is 9.88 Å². The predicted octanol–water partition coefficient (Wildman–Crippen LogP) is 4.68. The Morgan fingerprint density at radius 2 is 2.13 bits per heavy atom. The summed E-state index contributed by atoms with van der Waals surface area (Å²) in [5.74, 6) is 1.77. The first-order chi connectivity index (χ1) is 14.6. The molecule has 0 radical (unpaired) electrons. The van der Waals surface area contributed by atoms with Gasteiger partial charge in [0, 0.05) is 36.6 Å². The number of benzene rings is 1. The first-order valence-corrected chi connectivity index (χ1v) is 10.4. The number of fused-ring (bicyclic) bond motifs is 1. The summed E-state index contributed by atoms with van der Waals surface area (Å²) >= 11 is 0. The molecule has 1 amide bonds. The van der Waals surface area contributed by atoms with Crippen molar-refractivity contribution < 1.29 is 9.53 Å². The third-order valence-electron chi connectivity index (χ3n) is 5.59. The number of nitrogens with one attached hydrogen (secondary N) is 1. The number of hydrogen-bond donors (Lipinski definition) is 1. The fourth-order valence-corrected chi connectivity index (χ4v) is 3.94. The average molecular weight is 402 g/mol. The summed E-state index contributed by atoms with van der Waals surface area (Å²) in [6.45, 7) is 5.31. The molecule has 0 saturated carbocycles. The van der Waals surface area contributed by atoms with E-state index in [9.17, 15) is 4.79 Å². The number of hydrogen-bond acceptors (Lipinski definition) is 4. The molecule has 5 heteroatoms. The summed E-state index contributed by atoms with van der Waals surface area (Å²) in [6.07, 6.45) is 11.1. The summed E-state index contributed by atoms with van der Waals surface area (Å²) in [7, 11) is 1.69. The van der Waals surface area contributed by atoms with E-state index < -0.39 is 0 Å². The molecule has 4 rings (SSSR count). The van der Waals surface area contributed by atoms with Crippen LogP contribution in [-0.2, 0) is 11.2 Å². The van der Waals surface area contributed by atoms with Crippen LogP contribution in [0.1, 0.15) is 36.0 Å². The summed E-state index contributed by atoms with van der Waals surface area (Å²) in [5.41, 5.74) is 5.45. The minimum absolute atomic E-state index is 0.0248. The van der Waals surface area contributed by atoms with Crippen LogP contribution in [0.5, 0.6) is 5.75 Å². The van der Waals surface area contributed by atoms with E-state index in [4.69, 9.17) is 4.74 Å². The van der Waals surface area contributed by atoms with Crippen LogP contribution in [0.3, 0.4) is 0 Å². The van der Waals surface area contributed by atoms with Gasteiger partial charge in [-0.2, -0.15) is 0 Å². The Kier molecular flexibility index (Phi) is 5.98. The molecule has 1 N–H and O–H groups in total. The van der Waals surface area contributed by atoms with E-state index in [2.05, 4.69) is 35.1 Å². The Labute approximate surface area is 177 Å². The zero-order valence-electron chi connectivity index (χ0n) is 17.4. The highest BCUT2D eigenvalue weighted by Crippen LogP contribution is 2.30. The number of ether oxygens (including phenoxy) is 1. The molecule has 2 aromatic rings. The highest BCUT2D eigenvalue weighted by Gasteiger charge is 2.16. The third kappa shape index (κ3) is 4.46. The van der Waals surface area contributed by atoms with Crippen molar-refractivity contribution in [2.75, 3.05) is 25.5 Å². The molecule has 154 valence electrons. The molecule has 0 spiro atoms. The van der Waals surface area contributed by atoms with E-state index in [0.717, 1.165) is 66.2 Å². The van der Waals surface area contributed by atoms with Crippen molar-refractivity contribution in [1.29, 1.82) is 0 Å². The molecule has 0 bridgehead atoms. The Hall–Kier alpha value is -3.34. The van der Waals surface area contributed by atoms with Crippen LogP contribution >= 0.6 is 0 Å². The first kappa shape index (κ1) is 20.0. The molecule has 0 unspecified atom stereocenters. The van der Waals surface area contributed by atoms with Crippen LogP contribution in [0.25, 0.3) is 11.6 Å². The van der Waals surface area contributed by atoms with Gasteiger partial charge in [-0.1, -0.05) is 30.9 Å². The minimum Gasteiger partial charge on any atom is -0.496 e. The number of carbonyl (C=O) groups excluding carboxylic acids is 1. The summed E-state index contributed by atoms with van der Waals surface area (Å²) in [6, 6.07) is 10.1. The van der Waals surface area contributed by atoms with Crippen LogP contribution in [0.4, 0.5) is 5.82 Å². The van der Waals surface area contributed by atoms with Crippen LogP contribution in [0, 0.1) is 0 Å². The van der Waals surface area contributed by atoms with Gasteiger partial charge in [-0.25, -0.2) is 4.98 Å². The largest absolute Gasteiger partial charge is 0.496 e. The van der Waals surface area contributed by atoms with E-state index in [1.807, 2.05) is 29.2 Å². The zero-order chi connectivity index (χ0) is 20.9. The van der Waals surface area contributed by atoms with Crippen LogP contribution in [-0.4, -0.2) is 36.0 Å². The number of nitrogens with zero attached hydrogens (tertiary/aromatic N) is 2. The standard InChI is InChI=1S/C25H27N3O2/c1-18-9-11-21-16-19(17-26-25(21)27-18)10-12-24(29)28-14-5-6-20(13-15-28)22-7-3-4-8-23(22)30-2/h3-4,7-8,10,12-13,16-17H,1,5-6,9,11,14-15H2,2H3,(H,26,27)/b12-10+. The van der Waals surface area contributed by atoms with E-state index in [1.165, 1.54) is 5.57 Å². The lowest BCUT2D eigenvalue weighted by molar-refractivity contribution is -0.125. The Balaban J connectivity index is 1.44. The number of allylic oxidation sites excluding steroid dienone is 2. The number of aromatic nitrogens is 1. The van der Waals surface area contributed by atoms with Gasteiger partial charge in [0.15, 0.2) is 0 Å². The molecule has 1 aromatic carbocycles. The van der Waals surface area contributed by atoms with Crippen LogP contribution in [0.2, 0.25) is 0 Å². The molecular weight excluding hydrogens is 374 g/mol. The monoisotopic (exact) mass is 401 g/mol. The first-order valence-electron chi connectivity index (χ1n) is 10.4. The second kappa shape index (κ2) is 8.99. The molecule has 5 nitrogen and oxygen atoms in total. The Morgan fingerprint density at radius 1 is 1.27 bits per heavy atom. The Morgan fingerprint density at radius 3 is 3.00 bits per heavy atom. The molecule has 0 aliphatic carbocycles. The number of anilines is 1. The van der Waals surface area contributed by atoms with Crippen LogP contribution < -0.4 is 10.1 Å². The lowest BCUT2D eigenvalue weighted by Gasteiger charge is -2.19. The van der Waals surface area contributed by atoms with Gasteiger partial charge in [0.2, 0.25) is 5.91 Å². The van der Waals surface area contributed by atoms with Gasteiger partial charge in [-0.3, -0.25) is 4.79 Å². The number of para-hydroxylation sites is 1. The number of rotatable bonds is 4. The summed E-state index contributed by atoms with van der Waals surface area (Å²) in [5, 5.41) is 3.22. The van der Waals surface area contributed by atoms with Gasteiger partial charge in [0.05, 0.1) is 7.11 Å². The second-order valence-corrected chi connectivity index (χ2v) is 7.66. The van der Waals surface area contributed by atoms with Gasteiger partial charge in [0.25, 0.3) is 0 Å². The number of amides is 1. The highest BCUT2D eigenvalue weighted by molar-refractivity contribution is 5.92. The average Bonchev–Trinajstić information content (AvgIpc) is 3.03. The minimum atomic E-state index is 0.0248. The molecule has 2 aliphatic heterocycles. The molecule has 0 atom stereocenters. The fraction of sp³-hybridized carbons (Fsp3) is 0.280. The van der Waals surface area contributed by atoms with E-state index in [0.29, 0.717) is 6.54 Å². The van der Waals surface area contributed by atoms with Crippen molar-refractivity contribution in [3.63, 3.8) is 0 Å². The second-order valence-electron chi connectivity index (χ2n) is 7.66. The number of aryl methyl sites for hydroxylation is 1. The lowest BCUT2D eigenvalue weighted by Crippen LogP contribution is -2.29. The molecule has 3 heterocycles. The van der Waals surface area contributed by atoms with Gasteiger partial charge >= 0.3 is 0 Å². The molecule has 0 saturated heterocycles. The molecule has 0 fully saturated rings. The summed E-state index contributed by atoms with van der Waals surface area (Å²) in [4.78, 5) is 19.1. The maximum Gasteiger partial charge on any atom is 0.246 e. The van der Waals surface area contributed by atoms with Gasteiger partial charge in [0.1, 0.15) is 11.6 Å². The number of pyridine rings is 1. The quantitative estimate of drug-likeness (QED) is 0.756. The van der Waals surface area contributed by atoms with Crippen molar-refractivity contribution >= 4 is 23.4 Å². The lowest BCUT2D eigenvalue weighted by atomic mass is 10.0. The van der Waals surface area contributed by atoms with E-state index >= 15 is 0 Å². The zero-order valence-corrected chi connectivity index (χ0v) is 17.4. The van der Waals surface area contributed by atoms with E-state index in [1.54, 1.807) is 19.4 Å². The SMILES string of the molecule is C=C1CCc2cc(/C=C/C(=O)N3CC=C(c4ccccc4OC)CCC3)cnc2N1. The third-order valence-corrected chi connectivity index (χ3v) is 5.59. The Bertz CT molecular complexity index is 1020. The maximum atomic E-state index is 12.8. The summed E-state index contributed by atoms with van der Waals surface area (Å²) < 4.78 is 5.50. The normalized spacial score (nSPS) is 16.5. The number of methoxy groups -OCH3 is 1. The van der Waals surface area contributed by atoms with Gasteiger partial charge in [-0.05, 0) is 60.6 Å². The maximum absolute atomic E-state index is 12.8. The molecule has 30 heavy (non-hydrogen) atoms. The smallest absolute Gasteiger partial charge is 0.246 e. The predicted molar refractivity (Wildman–Crippen MR) is 121 cm³/mol. The van der Waals surface area contributed by atoms with E-state index in [-0.39, 0.29) is 5.91 Å². The van der Waals surface area contributed by atoms with Gasteiger partial charge < -0.3 is 15.0 Å². The molecule has 1 aromatic heterocycles. The molecule has 2 aliphatic rings. The number of carbonyl (C=O) groups is 1. The van der Waals surface area contributed by atoms with Crippen molar-refractivity contribution in [3.8, 4) is 5.75 Å². The fourth-order valence-electron chi connectivity index (χ4n) is 3.94. The topological polar surface area (TPSA) is 54.5 Å². The van der Waals surface area contributed by atoms with Crippen molar-refractivity contribution in [3.05, 3.63) is 77.6 Å². The van der Waals surface area contributed by atoms with Crippen molar-refractivity contribution in [2.45, 2.75) is 25.7 Å². The van der Waals surface area contributed by atoms with Crippen LogP contribution in [0.15, 0.2) is 61.0 Å². The highest BCUT2D eigenvalue weighted by atomic mass is 16.5.